The van der Waals surface area contributed by atoms with Crippen LogP contribution in [0.25, 0.3) is 11.1 Å². The van der Waals surface area contributed by atoms with Gasteiger partial charge in [0.25, 0.3) is 0 Å². The molecule has 0 saturated carbocycles. The number of hydrogen-bond acceptors (Lipinski definition) is 6. The predicted molar refractivity (Wildman–Crippen MR) is 120 cm³/mol. The number of anilines is 1. The first-order valence-electron chi connectivity index (χ1n) is 10.7. The normalized spacial score (nSPS) is 18.7. The molecule has 162 valence electrons. The van der Waals surface area contributed by atoms with Crippen LogP contribution in [0.2, 0.25) is 0 Å². The van der Waals surface area contributed by atoms with Gasteiger partial charge in [-0.05, 0) is 35.2 Å². The smallest absolute Gasteiger partial charge is 0.243 e. The molecule has 8 heteroatoms. The molecular weight excluding hydrogens is 398 g/mol. The van der Waals surface area contributed by atoms with Crippen molar-refractivity contribution in [3.8, 4) is 11.1 Å². The van der Waals surface area contributed by atoms with Gasteiger partial charge in [-0.15, -0.1) is 0 Å². The van der Waals surface area contributed by atoms with Gasteiger partial charge in [-0.25, -0.2) is 13.4 Å². The van der Waals surface area contributed by atoms with Gasteiger partial charge in [0.1, 0.15) is 5.82 Å². The number of sulfonamides is 1. The second-order valence-corrected chi connectivity index (χ2v) is 10.1. The number of rotatable bonds is 5. The van der Waals surface area contributed by atoms with Crippen molar-refractivity contribution < 1.29 is 8.42 Å². The highest BCUT2D eigenvalue weighted by Gasteiger charge is 2.25. The first-order chi connectivity index (χ1) is 14.5. The van der Waals surface area contributed by atoms with Gasteiger partial charge in [0, 0.05) is 64.1 Å². The maximum Gasteiger partial charge on any atom is 0.243 e. The summed E-state index contributed by atoms with van der Waals surface area (Å²) in [6.07, 6.45) is 1.91. The molecule has 2 aliphatic rings. The minimum atomic E-state index is -3.44. The zero-order valence-electron chi connectivity index (χ0n) is 17.8. The molecule has 2 aliphatic heterocycles. The van der Waals surface area contributed by atoms with Gasteiger partial charge < -0.3 is 15.5 Å². The number of hydrogen-bond donors (Lipinski definition) is 2. The highest BCUT2D eigenvalue weighted by atomic mass is 32.2. The maximum atomic E-state index is 12.9. The average molecular weight is 430 g/mol. The summed E-state index contributed by atoms with van der Waals surface area (Å²) in [6.45, 7) is 10.7. The lowest BCUT2D eigenvalue weighted by molar-refractivity contribution is 0.360. The van der Waals surface area contributed by atoms with Crippen molar-refractivity contribution in [2.75, 3.05) is 57.3 Å². The Morgan fingerprint density at radius 1 is 0.900 bits per heavy atom. The molecule has 7 nitrogen and oxygen atoms in total. The Morgan fingerprint density at radius 2 is 1.50 bits per heavy atom. The molecule has 0 bridgehead atoms. The molecule has 2 N–H and O–H groups in total. The first kappa shape index (κ1) is 21.2. The van der Waals surface area contributed by atoms with Crippen LogP contribution in [0.5, 0.6) is 0 Å². The summed E-state index contributed by atoms with van der Waals surface area (Å²) in [5, 5.41) is 6.58. The van der Waals surface area contributed by atoms with E-state index in [-0.39, 0.29) is 0 Å². The Balaban J connectivity index is 1.60. The largest absolute Gasteiger partial charge is 0.354 e. The van der Waals surface area contributed by atoms with Gasteiger partial charge in [0.05, 0.1) is 4.90 Å². The van der Waals surface area contributed by atoms with Crippen molar-refractivity contribution in [1.29, 1.82) is 0 Å². The lowest BCUT2D eigenvalue weighted by Gasteiger charge is -2.31. The number of piperazine rings is 2. The summed E-state index contributed by atoms with van der Waals surface area (Å²) in [4.78, 5) is 7.50. The minimum absolute atomic E-state index is 0.350. The predicted octanol–water partition coefficient (Wildman–Crippen LogP) is 1.88. The molecule has 2 saturated heterocycles. The summed E-state index contributed by atoms with van der Waals surface area (Å²) < 4.78 is 27.3. The topological polar surface area (TPSA) is 77.6 Å². The van der Waals surface area contributed by atoms with Gasteiger partial charge in [0.15, 0.2) is 0 Å². The van der Waals surface area contributed by atoms with Gasteiger partial charge in [-0.3, -0.25) is 0 Å². The van der Waals surface area contributed by atoms with E-state index < -0.39 is 10.0 Å². The molecule has 3 heterocycles. The Labute approximate surface area is 179 Å². The molecule has 1 aromatic heterocycles. The molecule has 0 radical (unpaired) electrons. The fourth-order valence-electron chi connectivity index (χ4n) is 4.05. The van der Waals surface area contributed by atoms with E-state index in [1.165, 1.54) is 5.56 Å². The zero-order valence-corrected chi connectivity index (χ0v) is 18.6. The number of nitrogens with zero attached hydrogens (tertiary/aromatic N) is 3. The van der Waals surface area contributed by atoms with E-state index in [1.54, 1.807) is 16.4 Å². The van der Waals surface area contributed by atoms with Crippen LogP contribution in [0.4, 0.5) is 5.82 Å². The van der Waals surface area contributed by atoms with Crippen molar-refractivity contribution in [2.24, 2.45) is 0 Å². The van der Waals surface area contributed by atoms with Crippen LogP contribution in [0.1, 0.15) is 25.3 Å². The lowest BCUT2D eigenvalue weighted by atomic mass is 9.98. The Morgan fingerprint density at radius 3 is 2.10 bits per heavy atom. The second kappa shape index (κ2) is 9.01. The Bertz CT molecular complexity index is 964. The van der Waals surface area contributed by atoms with Crippen LogP contribution in [0.15, 0.2) is 41.4 Å². The molecule has 1 aromatic carbocycles. The van der Waals surface area contributed by atoms with Crippen LogP contribution in [0.3, 0.4) is 0 Å². The molecule has 0 aliphatic carbocycles. The van der Waals surface area contributed by atoms with E-state index in [2.05, 4.69) is 35.4 Å². The number of aromatic nitrogens is 1. The highest BCUT2D eigenvalue weighted by Crippen LogP contribution is 2.31. The van der Waals surface area contributed by atoms with Crippen molar-refractivity contribution in [1.82, 2.24) is 19.9 Å². The van der Waals surface area contributed by atoms with Crippen LogP contribution >= 0.6 is 0 Å². The molecule has 4 rings (SSSR count). The fourth-order valence-corrected chi connectivity index (χ4v) is 5.49. The standard InChI is InChI=1S/C22H31N5O2S/c1-17(2)21-15-19(16-25-22(21)26-11-7-23-8-12-26)18-3-5-20(6-4-18)30(28,29)27-13-9-24-10-14-27/h3-6,15-17,23-24H,7-14H2,1-2H3. The van der Waals surface area contributed by atoms with Gasteiger partial charge in [-0.2, -0.15) is 4.31 Å². The molecule has 0 unspecified atom stereocenters. The second-order valence-electron chi connectivity index (χ2n) is 8.21. The van der Waals surface area contributed by atoms with Crippen molar-refractivity contribution in [2.45, 2.75) is 24.7 Å². The molecule has 0 atom stereocenters. The summed E-state index contributed by atoms with van der Waals surface area (Å²) in [7, 11) is -3.44. The number of nitrogens with one attached hydrogen (secondary N) is 2. The molecule has 2 aromatic rings. The van der Waals surface area contributed by atoms with Crippen LogP contribution in [-0.2, 0) is 10.0 Å². The summed E-state index contributed by atoms with van der Waals surface area (Å²) in [5.74, 6) is 1.42. The summed E-state index contributed by atoms with van der Waals surface area (Å²) in [6, 6.07) is 9.41. The average Bonchev–Trinajstić information content (AvgIpc) is 2.80. The Kier molecular flexibility index (Phi) is 6.38. The summed E-state index contributed by atoms with van der Waals surface area (Å²) >= 11 is 0. The lowest BCUT2D eigenvalue weighted by Crippen LogP contribution is -2.46. The SMILES string of the molecule is CC(C)c1cc(-c2ccc(S(=O)(=O)N3CCNCC3)cc2)cnc1N1CCNCC1. The molecule has 0 spiro atoms. The third-order valence-corrected chi connectivity index (χ3v) is 7.75. The molecular formula is C22H31N5O2S. The minimum Gasteiger partial charge on any atom is -0.354 e. The van der Waals surface area contributed by atoms with Crippen LogP contribution < -0.4 is 15.5 Å². The van der Waals surface area contributed by atoms with Gasteiger partial charge >= 0.3 is 0 Å². The highest BCUT2D eigenvalue weighted by molar-refractivity contribution is 7.89. The molecule has 2 fully saturated rings. The number of pyridine rings is 1. The Hall–Kier alpha value is -2.00. The van der Waals surface area contributed by atoms with E-state index in [9.17, 15) is 8.42 Å². The van der Waals surface area contributed by atoms with Gasteiger partial charge in [-0.1, -0.05) is 26.0 Å². The van der Waals surface area contributed by atoms with Crippen molar-refractivity contribution >= 4 is 15.8 Å². The van der Waals surface area contributed by atoms with Crippen molar-refractivity contribution in [3.05, 3.63) is 42.1 Å². The third-order valence-electron chi connectivity index (χ3n) is 5.84. The van der Waals surface area contributed by atoms with E-state index in [0.29, 0.717) is 37.0 Å². The van der Waals surface area contributed by atoms with Crippen LogP contribution in [-0.4, -0.2) is 70.1 Å². The quantitative estimate of drug-likeness (QED) is 0.756. The van der Waals surface area contributed by atoms with E-state index in [0.717, 1.165) is 43.1 Å². The van der Waals surface area contributed by atoms with E-state index in [4.69, 9.17) is 4.98 Å². The van der Waals surface area contributed by atoms with Crippen molar-refractivity contribution in [3.63, 3.8) is 0 Å². The third kappa shape index (κ3) is 4.37. The van der Waals surface area contributed by atoms with Gasteiger partial charge in [0.2, 0.25) is 10.0 Å². The first-order valence-corrected chi connectivity index (χ1v) is 12.2. The fraction of sp³-hybridized carbons (Fsp3) is 0.500. The van der Waals surface area contributed by atoms with E-state index >= 15 is 0 Å². The maximum absolute atomic E-state index is 12.9. The monoisotopic (exact) mass is 429 g/mol. The van der Waals surface area contributed by atoms with Crippen LogP contribution in [0, 0.1) is 0 Å². The molecule has 0 amide bonds. The number of benzene rings is 1. The van der Waals surface area contributed by atoms with E-state index in [1.807, 2.05) is 18.3 Å². The zero-order chi connectivity index (χ0) is 21.1. The summed E-state index contributed by atoms with van der Waals surface area (Å²) in [5.41, 5.74) is 3.23. The molecule has 30 heavy (non-hydrogen) atoms.